The van der Waals surface area contributed by atoms with Crippen LogP contribution in [0.4, 0.5) is 0 Å². The Morgan fingerprint density at radius 1 is 1.21 bits per heavy atom. The molecule has 0 aliphatic heterocycles. The molecule has 1 amide bonds. The summed E-state index contributed by atoms with van der Waals surface area (Å²) in [5.74, 6) is -0.146. The van der Waals surface area contributed by atoms with Gasteiger partial charge in [-0.2, -0.15) is 5.10 Å². The van der Waals surface area contributed by atoms with Crippen molar-refractivity contribution in [1.29, 1.82) is 0 Å². The smallest absolute Gasteiger partial charge is 0.271 e. The lowest BCUT2D eigenvalue weighted by Crippen LogP contribution is -2.32. The maximum Gasteiger partial charge on any atom is 0.271 e. The molecule has 2 rings (SSSR count). The van der Waals surface area contributed by atoms with Crippen molar-refractivity contribution >= 4 is 5.91 Å². The van der Waals surface area contributed by atoms with Gasteiger partial charge in [-0.15, -0.1) is 0 Å². The molecule has 1 heterocycles. The molecule has 0 bridgehead atoms. The highest BCUT2D eigenvalue weighted by atomic mass is 16.1. The Bertz CT molecular complexity index is 521. The summed E-state index contributed by atoms with van der Waals surface area (Å²) in [6, 6.07) is 11.4. The van der Waals surface area contributed by atoms with Crippen LogP contribution in [0.3, 0.4) is 0 Å². The summed E-state index contributed by atoms with van der Waals surface area (Å²) in [6.45, 7) is 4.30. The minimum Gasteiger partial charge on any atom is -0.349 e. The molecule has 0 aliphatic carbocycles. The normalized spacial score (nSPS) is 10.4. The quantitative estimate of drug-likeness (QED) is 0.766. The Balaban J connectivity index is 1.95. The molecule has 0 spiro atoms. The van der Waals surface area contributed by atoms with Crippen molar-refractivity contribution in [3.05, 3.63) is 48.3 Å². The standard InChI is InChI=1S/C14H18N4O/c1-2-15-9-10-16-14(19)13-8-11-18(17-13)12-6-4-3-5-7-12/h3-8,11,15H,2,9-10H2,1H3,(H,16,19). The van der Waals surface area contributed by atoms with Crippen molar-refractivity contribution in [2.45, 2.75) is 6.92 Å². The molecule has 0 aliphatic rings. The average molecular weight is 258 g/mol. The third kappa shape index (κ3) is 3.66. The first-order valence-electron chi connectivity index (χ1n) is 6.41. The van der Waals surface area contributed by atoms with Gasteiger partial charge in [0.15, 0.2) is 5.69 Å². The molecule has 0 atom stereocenters. The molecule has 1 aromatic heterocycles. The third-order valence-corrected chi connectivity index (χ3v) is 2.68. The zero-order chi connectivity index (χ0) is 13.5. The van der Waals surface area contributed by atoms with Crippen LogP contribution in [0.5, 0.6) is 0 Å². The number of benzene rings is 1. The van der Waals surface area contributed by atoms with Crippen LogP contribution in [-0.2, 0) is 0 Å². The Morgan fingerprint density at radius 2 is 2.00 bits per heavy atom. The summed E-state index contributed by atoms with van der Waals surface area (Å²) in [5.41, 5.74) is 1.37. The fraction of sp³-hybridized carbons (Fsp3) is 0.286. The summed E-state index contributed by atoms with van der Waals surface area (Å²) in [6.07, 6.45) is 1.79. The first kappa shape index (κ1) is 13.3. The number of nitrogens with one attached hydrogen (secondary N) is 2. The van der Waals surface area contributed by atoms with Crippen molar-refractivity contribution < 1.29 is 4.79 Å². The fourth-order valence-corrected chi connectivity index (χ4v) is 1.70. The van der Waals surface area contributed by atoms with Crippen LogP contribution in [-0.4, -0.2) is 35.3 Å². The SMILES string of the molecule is CCNCCNC(=O)c1ccn(-c2ccccc2)n1. The van der Waals surface area contributed by atoms with E-state index in [-0.39, 0.29) is 5.91 Å². The van der Waals surface area contributed by atoms with Crippen molar-refractivity contribution in [3.63, 3.8) is 0 Å². The highest BCUT2D eigenvalue weighted by Gasteiger charge is 2.08. The maximum absolute atomic E-state index is 11.8. The molecule has 19 heavy (non-hydrogen) atoms. The summed E-state index contributed by atoms with van der Waals surface area (Å²) in [7, 11) is 0. The molecule has 0 radical (unpaired) electrons. The molecule has 2 N–H and O–H groups in total. The number of para-hydroxylation sites is 1. The topological polar surface area (TPSA) is 58.9 Å². The van der Waals surface area contributed by atoms with Gasteiger partial charge in [-0.25, -0.2) is 4.68 Å². The van der Waals surface area contributed by atoms with Gasteiger partial charge in [0, 0.05) is 19.3 Å². The van der Waals surface area contributed by atoms with Gasteiger partial charge in [0.2, 0.25) is 0 Å². The second-order valence-corrected chi connectivity index (χ2v) is 4.09. The van der Waals surface area contributed by atoms with Gasteiger partial charge in [0.05, 0.1) is 5.69 Å². The van der Waals surface area contributed by atoms with E-state index in [4.69, 9.17) is 0 Å². The average Bonchev–Trinajstić information content (AvgIpc) is 2.94. The number of hydrogen-bond acceptors (Lipinski definition) is 3. The Hall–Kier alpha value is -2.14. The molecular formula is C14H18N4O. The van der Waals surface area contributed by atoms with Crippen LogP contribution >= 0.6 is 0 Å². The van der Waals surface area contributed by atoms with Gasteiger partial charge in [-0.3, -0.25) is 4.79 Å². The monoisotopic (exact) mass is 258 g/mol. The highest BCUT2D eigenvalue weighted by Crippen LogP contribution is 2.06. The number of nitrogens with zero attached hydrogens (tertiary/aromatic N) is 2. The van der Waals surface area contributed by atoms with E-state index in [1.54, 1.807) is 16.9 Å². The largest absolute Gasteiger partial charge is 0.349 e. The van der Waals surface area contributed by atoms with Crippen molar-refractivity contribution in [2.24, 2.45) is 0 Å². The Morgan fingerprint density at radius 3 is 2.74 bits per heavy atom. The van der Waals surface area contributed by atoms with E-state index in [1.807, 2.05) is 37.3 Å². The van der Waals surface area contributed by atoms with Crippen molar-refractivity contribution in [2.75, 3.05) is 19.6 Å². The Labute approximate surface area is 112 Å². The summed E-state index contributed by atoms with van der Waals surface area (Å²) < 4.78 is 1.69. The zero-order valence-corrected chi connectivity index (χ0v) is 11.0. The number of hydrogen-bond donors (Lipinski definition) is 2. The van der Waals surface area contributed by atoms with Gasteiger partial charge in [0.25, 0.3) is 5.91 Å². The second kappa shape index (κ2) is 6.70. The van der Waals surface area contributed by atoms with Crippen molar-refractivity contribution in [1.82, 2.24) is 20.4 Å². The van der Waals surface area contributed by atoms with Gasteiger partial charge < -0.3 is 10.6 Å². The lowest BCUT2D eigenvalue weighted by Gasteiger charge is -2.03. The molecule has 2 aromatic rings. The minimum atomic E-state index is -0.146. The molecule has 0 fully saturated rings. The van der Waals surface area contributed by atoms with E-state index in [0.717, 1.165) is 18.8 Å². The van der Waals surface area contributed by atoms with E-state index in [2.05, 4.69) is 15.7 Å². The van der Waals surface area contributed by atoms with E-state index >= 15 is 0 Å². The van der Waals surface area contributed by atoms with Crippen LogP contribution < -0.4 is 10.6 Å². The van der Waals surface area contributed by atoms with Gasteiger partial charge >= 0.3 is 0 Å². The van der Waals surface area contributed by atoms with Gasteiger partial charge in [0.1, 0.15) is 0 Å². The summed E-state index contributed by atoms with van der Waals surface area (Å²) in [5, 5.41) is 10.2. The molecule has 100 valence electrons. The number of carbonyl (C=O) groups is 1. The number of rotatable bonds is 6. The molecule has 0 saturated heterocycles. The molecule has 0 saturated carbocycles. The fourth-order valence-electron chi connectivity index (χ4n) is 1.70. The van der Waals surface area contributed by atoms with Gasteiger partial charge in [-0.05, 0) is 24.7 Å². The zero-order valence-electron chi connectivity index (χ0n) is 11.0. The molecule has 5 nitrogen and oxygen atoms in total. The summed E-state index contributed by atoms with van der Waals surface area (Å²) in [4.78, 5) is 11.8. The van der Waals surface area contributed by atoms with Gasteiger partial charge in [-0.1, -0.05) is 25.1 Å². The first-order chi connectivity index (χ1) is 9.31. The van der Waals surface area contributed by atoms with Crippen LogP contribution in [0, 0.1) is 0 Å². The first-order valence-corrected chi connectivity index (χ1v) is 6.41. The number of carbonyl (C=O) groups excluding carboxylic acids is 1. The minimum absolute atomic E-state index is 0.146. The van der Waals surface area contributed by atoms with E-state index in [9.17, 15) is 4.79 Å². The molecule has 0 unspecified atom stereocenters. The molecular weight excluding hydrogens is 240 g/mol. The predicted octanol–water partition coefficient (Wildman–Crippen LogP) is 1.21. The van der Waals surface area contributed by atoms with Crippen LogP contribution in [0.1, 0.15) is 17.4 Å². The lowest BCUT2D eigenvalue weighted by molar-refractivity contribution is 0.0948. The number of amides is 1. The number of aromatic nitrogens is 2. The Kier molecular flexibility index (Phi) is 4.69. The van der Waals surface area contributed by atoms with Crippen LogP contribution in [0.2, 0.25) is 0 Å². The maximum atomic E-state index is 11.8. The predicted molar refractivity (Wildman–Crippen MR) is 74.4 cm³/mol. The van der Waals surface area contributed by atoms with E-state index in [1.165, 1.54) is 0 Å². The second-order valence-electron chi connectivity index (χ2n) is 4.09. The molecule has 1 aromatic carbocycles. The van der Waals surface area contributed by atoms with E-state index in [0.29, 0.717) is 12.2 Å². The number of likely N-dealkylation sites (N-methyl/N-ethyl adjacent to an activating group) is 1. The van der Waals surface area contributed by atoms with Crippen LogP contribution in [0.15, 0.2) is 42.6 Å². The lowest BCUT2D eigenvalue weighted by atomic mass is 10.3. The van der Waals surface area contributed by atoms with Crippen molar-refractivity contribution in [3.8, 4) is 5.69 Å². The summed E-state index contributed by atoms with van der Waals surface area (Å²) >= 11 is 0. The molecule has 5 heteroatoms. The third-order valence-electron chi connectivity index (χ3n) is 2.68. The van der Waals surface area contributed by atoms with Crippen LogP contribution in [0.25, 0.3) is 5.69 Å². The van der Waals surface area contributed by atoms with E-state index < -0.39 is 0 Å². The highest BCUT2D eigenvalue weighted by molar-refractivity contribution is 5.92.